The number of imidazole rings is 1. The Bertz CT molecular complexity index is 705. The van der Waals surface area contributed by atoms with Crippen LogP contribution in [0.15, 0.2) is 44.4 Å². The van der Waals surface area contributed by atoms with Crippen molar-refractivity contribution in [1.82, 2.24) is 19.3 Å². The minimum Gasteiger partial charge on any atom is -0.459 e. The van der Waals surface area contributed by atoms with E-state index < -0.39 is 5.76 Å². The molecule has 18 heavy (non-hydrogen) atoms. The van der Waals surface area contributed by atoms with E-state index in [4.69, 9.17) is 8.83 Å². The molecule has 0 aromatic carbocycles. The monoisotopic (exact) mass is 246 g/mol. The van der Waals surface area contributed by atoms with Gasteiger partial charge < -0.3 is 13.4 Å². The first-order valence-corrected chi connectivity index (χ1v) is 5.32. The highest BCUT2D eigenvalue weighted by atomic mass is 16.4. The summed E-state index contributed by atoms with van der Waals surface area (Å²) in [5.41, 5.74) is 0. The van der Waals surface area contributed by atoms with Crippen molar-refractivity contribution in [2.45, 2.75) is 6.54 Å². The highest BCUT2D eigenvalue weighted by molar-refractivity contribution is 5.42. The van der Waals surface area contributed by atoms with Gasteiger partial charge in [0.15, 0.2) is 5.76 Å². The molecule has 0 unspecified atom stereocenters. The van der Waals surface area contributed by atoms with E-state index in [-0.39, 0.29) is 12.4 Å². The third kappa shape index (κ3) is 1.75. The minimum atomic E-state index is -0.538. The van der Waals surface area contributed by atoms with Crippen LogP contribution < -0.4 is 5.76 Å². The van der Waals surface area contributed by atoms with Gasteiger partial charge in [-0.15, -0.1) is 5.10 Å². The molecular weight excluding hydrogens is 236 g/mol. The van der Waals surface area contributed by atoms with E-state index in [9.17, 15) is 4.79 Å². The second-order valence-electron chi connectivity index (χ2n) is 3.76. The van der Waals surface area contributed by atoms with Gasteiger partial charge in [0, 0.05) is 19.4 Å². The lowest BCUT2D eigenvalue weighted by Crippen LogP contribution is -2.18. The molecule has 0 aliphatic rings. The fourth-order valence-electron chi connectivity index (χ4n) is 1.59. The molecule has 0 atom stereocenters. The highest BCUT2D eigenvalue weighted by Crippen LogP contribution is 2.15. The molecule has 0 N–H and O–H groups in total. The van der Waals surface area contributed by atoms with E-state index in [1.54, 1.807) is 24.5 Å². The van der Waals surface area contributed by atoms with Gasteiger partial charge in [0.1, 0.15) is 12.4 Å². The van der Waals surface area contributed by atoms with Gasteiger partial charge in [-0.05, 0) is 12.1 Å². The maximum Gasteiger partial charge on any atom is 0.437 e. The summed E-state index contributed by atoms with van der Waals surface area (Å²) in [5.74, 6) is 0.769. The maximum atomic E-state index is 11.6. The first-order valence-electron chi connectivity index (χ1n) is 5.32. The topological polar surface area (TPSA) is 79.0 Å². The Morgan fingerprint density at radius 1 is 1.44 bits per heavy atom. The van der Waals surface area contributed by atoms with E-state index in [0.29, 0.717) is 5.76 Å². The van der Waals surface area contributed by atoms with Crippen molar-refractivity contribution >= 4 is 0 Å². The van der Waals surface area contributed by atoms with E-state index in [0.717, 1.165) is 5.82 Å². The van der Waals surface area contributed by atoms with Crippen molar-refractivity contribution in [2.24, 2.45) is 7.05 Å². The van der Waals surface area contributed by atoms with Crippen LogP contribution in [0.25, 0.3) is 11.7 Å². The molecule has 3 rings (SSSR count). The Kier molecular flexibility index (Phi) is 2.36. The van der Waals surface area contributed by atoms with Gasteiger partial charge in [-0.25, -0.2) is 9.78 Å². The van der Waals surface area contributed by atoms with Gasteiger partial charge in [0.25, 0.3) is 5.89 Å². The maximum absolute atomic E-state index is 11.6. The van der Waals surface area contributed by atoms with Crippen LogP contribution >= 0.6 is 0 Å². The second-order valence-corrected chi connectivity index (χ2v) is 3.76. The first kappa shape index (κ1) is 10.6. The molecule has 0 saturated carbocycles. The summed E-state index contributed by atoms with van der Waals surface area (Å²) in [4.78, 5) is 15.8. The number of furan rings is 1. The molecule has 0 fully saturated rings. The average Bonchev–Trinajstić information content (AvgIpc) is 3.03. The summed E-state index contributed by atoms with van der Waals surface area (Å²) in [5, 5.41) is 4.06. The van der Waals surface area contributed by atoms with E-state index in [2.05, 4.69) is 10.1 Å². The molecule has 7 nitrogen and oxygen atoms in total. The fourth-order valence-corrected chi connectivity index (χ4v) is 1.59. The highest BCUT2D eigenvalue weighted by Gasteiger charge is 2.13. The quantitative estimate of drug-likeness (QED) is 0.685. The third-order valence-corrected chi connectivity index (χ3v) is 2.55. The van der Waals surface area contributed by atoms with Crippen molar-refractivity contribution in [3.63, 3.8) is 0 Å². The molecule has 0 spiro atoms. The van der Waals surface area contributed by atoms with Crippen LogP contribution in [0.5, 0.6) is 0 Å². The molecule has 0 saturated heterocycles. The van der Waals surface area contributed by atoms with Crippen LogP contribution in [0.3, 0.4) is 0 Å². The Morgan fingerprint density at radius 3 is 3.00 bits per heavy atom. The third-order valence-electron chi connectivity index (χ3n) is 2.55. The van der Waals surface area contributed by atoms with E-state index in [1.807, 2.05) is 11.6 Å². The molecule has 0 aliphatic heterocycles. The number of aromatic nitrogens is 4. The Balaban J connectivity index is 1.95. The molecule has 7 heteroatoms. The lowest BCUT2D eigenvalue weighted by Gasteiger charge is -1.98. The standard InChI is InChI=1S/C11H10N4O3/c1-14-5-4-12-9(14)7-15-11(16)18-10(13-15)8-3-2-6-17-8/h2-6H,7H2,1H3. The molecule has 92 valence electrons. The fraction of sp³-hybridized carbons (Fsp3) is 0.182. The van der Waals surface area contributed by atoms with Gasteiger partial charge in [0.05, 0.1) is 6.26 Å². The van der Waals surface area contributed by atoms with E-state index in [1.165, 1.54) is 10.9 Å². The summed E-state index contributed by atoms with van der Waals surface area (Å²) < 4.78 is 13.2. The molecule has 0 radical (unpaired) electrons. The van der Waals surface area contributed by atoms with Crippen LogP contribution in [-0.4, -0.2) is 19.3 Å². The van der Waals surface area contributed by atoms with Crippen molar-refractivity contribution in [2.75, 3.05) is 0 Å². The summed E-state index contributed by atoms with van der Waals surface area (Å²) in [7, 11) is 1.85. The zero-order valence-electron chi connectivity index (χ0n) is 9.61. The van der Waals surface area contributed by atoms with Crippen molar-refractivity contribution < 1.29 is 8.83 Å². The number of hydrogen-bond donors (Lipinski definition) is 0. The lowest BCUT2D eigenvalue weighted by molar-refractivity contribution is 0.473. The predicted molar refractivity (Wildman–Crippen MR) is 60.8 cm³/mol. The number of nitrogens with zero attached hydrogens (tertiary/aromatic N) is 4. The van der Waals surface area contributed by atoms with Gasteiger partial charge >= 0.3 is 5.76 Å². The zero-order valence-corrected chi connectivity index (χ0v) is 9.61. The lowest BCUT2D eigenvalue weighted by atomic mass is 10.5. The average molecular weight is 246 g/mol. The van der Waals surface area contributed by atoms with Crippen LogP contribution in [0, 0.1) is 0 Å². The molecule has 3 aromatic heterocycles. The van der Waals surface area contributed by atoms with Crippen molar-refractivity contribution in [3.05, 3.63) is 47.2 Å². The summed E-state index contributed by atoms with van der Waals surface area (Å²) >= 11 is 0. The van der Waals surface area contributed by atoms with E-state index >= 15 is 0 Å². The molecule has 0 bridgehead atoms. The van der Waals surface area contributed by atoms with Gasteiger partial charge in [-0.1, -0.05) is 0 Å². The van der Waals surface area contributed by atoms with Gasteiger partial charge in [-0.2, -0.15) is 4.68 Å². The predicted octanol–water partition coefficient (Wildman–Crippen LogP) is 0.878. The zero-order chi connectivity index (χ0) is 12.5. The molecular formula is C11H10N4O3. The Labute approximate surface area is 101 Å². The van der Waals surface area contributed by atoms with Crippen LogP contribution in [0.4, 0.5) is 0 Å². The molecule has 3 heterocycles. The van der Waals surface area contributed by atoms with Crippen LogP contribution in [0.1, 0.15) is 5.82 Å². The van der Waals surface area contributed by atoms with Gasteiger partial charge in [-0.3, -0.25) is 0 Å². The SMILES string of the molecule is Cn1ccnc1Cn1nc(-c2ccco2)oc1=O. The number of hydrogen-bond acceptors (Lipinski definition) is 5. The molecule has 0 amide bonds. The normalized spacial score (nSPS) is 10.9. The minimum absolute atomic E-state index is 0.166. The molecule has 3 aromatic rings. The largest absolute Gasteiger partial charge is 0.459 e. The van der Waals surface area contributed by atoms with Crippen molar-refractivity contribution in [1.29, 1.82) is 0 Å². The Hall–Kier alpha value is -2.57. The number of aryl methyl sites for hydroxylation is 1. The Morgan fingerprint density at radius 2 is 2.33 bits per heavy atom. The summed E-state index contributed by atoms with van der Waals surface area (Å²) in [6, 6.07) is 3.38. The summed E-state index contributed by atoms with van der Waals surface area (Å²) in [6.45, 7) is 0.256. The van der Waals surface area contributed by atoms with Gasteiger partial charge in [0.2, 0.25) is 0 Å². The van der Waals surface area contributed by atoms with Crippen LogP contribution in [-0.2, 0) is 13.6 Å². The van der Waals surface area contributed by atoms with Crippen LogP contribution in [0.2, 0.25) is 0 Å². The first-order chi connectivity index (χ1) is 8.74. The summed E-state index contributed by atoms with van der Waals surface area (Å²) in [6.07, 6.45) is 4.95. The second kappa shape index (κ2) is 4.02. The molecule has 0 aliphatic carbocycles. The smallest absolute Gasteiger partial charge is 0.437 e. The van der Waals surface area contributed by atoms with Crippen molar-refractivity contribution in [3.8, 4) is 11.7 Å². The number of rotatable bonds is 3.